The maximum Gasteiger partial charge on any atom is 0.419 e. The van der Waals surface area contributed by atoms with Crippen molar-refractivity contribution < 1.29 is 29.0 Å². The summed E-state index contributed by atoms with van der Waals surface area (Å²) in [7, 11) is 0. The number of aliphatic carboxylic acids is 1. The molecule has 35 heavy (non-hydrogen) atoms. The van der Waals surface area contributed by atoms with Gasteiger partial charge in [0.25, 0.3) is 0 Å². The van der Waals surface area contributed by atoms with Crippen LogP contribution in [0.2, 0.25) is 0 Å². The van der Waals surface area contributed by atoms with Gasteiger partial charge in [-0.2, -0.15) is 0 Å². The second-order valence-electron chi connectivity index (χ2n) is 8.31. The summed E-state index contributed by atoms with van der Waals surface area (Å²) in [6, 6.07) is 14.6. The molecule has 1 atom stereocenters. The van der Waals surface area contributed by atoms with Crippen molar-refractivity contribution in [1.29, 1.82) is 0 Å². The van der Waals surface area contributed by atoms with E-state index in [9.17, 15) is 19.5 Å². The molecule has 3 aromatic rings. The minimum atomic E-state index is -1.27. The third kappa shape index (κ3) is 5.51. The van der Waals surface area contributed by atoms with Crippen LogP contribution in [0.15, 0.2) is 61.1 Å². The Morgan fingerprint density at radius 1 is 1.06 bits per heavy atom. The van der Waals surface area contributed by atoms with E-state index in [0.29, 0.717) is 12.3 Å². The molecule has 182 valence electrons. The smallest absolute Gasteiger partial charge is 0.419 e. The van der Waals surface area contributed by atoms with E-state index < -0.39 is 24.2 Å². The van der Waals surface area contributed by atoms with E-state index in [1.54, 1.807) is 0 Å². The van der Waals surface area contributed by atoms with Gasteiger partial charge in [-0.25, -0.2) is 23.9 Å². The van der Waals surface area contributed by atoms with E-state index in [0.717, 1.165) is 39.7 Å². The zero-order valence-electron chi connectivity index (χ0n) is 19.3. The normalized spacial score (nSPS) is 12.9. The second-order valence-corrected chi connectivity index (χ2v) is 8.31. The molecule has 0 spiro atoms. The second kappa shape index (κ2) is 10.9. The molecule has 1 aliphatic rings. The number of nitrogens with one attached hydrogen (secondary N) is 1. The van der Waals surface area contributed by atoms with E-state index in [1.165, 1.54) is 12.5 Å². The van der Waals surface area contributed by atoms with Gasteiger partial charge in [0.2, 0.25) is 0 Å². The number of hydrogen-bond acceptors (Lipinski definition) is 6. The third-order valence-corrected chi connectivity index (χ3v) is 5.92. The Hall–Kier alpha value is -4.14. The lowest BCUT2D eigenvalue weighted by atomic mass is 9.98. The molecule has 0 saturated heterocycles. The Bertz CT molecular complexity index is 1180. The number of carboxylic acid groups (broad SMARTS) is 1. The summed E-state index contributed by atoms with van der Waals surface area (Å²) in [4.78, 5) is 40.3. The zero-order valence-corrected chi connectivity index (χ0v) is 19.3. The first-order valence-corrected chi connectivity index (χ1v) is 11.5. The molecule has 9 nitrogen and oxygen atoms in total. The SMILES string of the molecule is CCCCOC(=O)n1cnc(CC(NC(=O)OCC2c3ccccc3-c3ccccc32)C(=O)O)c1. The standard InChI is InChI=1S/C26H27N3O6/c1-2-3-12-34-26(33)29-14-17(27-16-29)13-23(24(30)31)28-25(32)35-15-22-20-10-6-4-8-18(20)19-9-5-7-11-21(19)22/h4-11,14,16,22-23H,2-3,12-13,15H2,1H3,(H,28,32)(H,30,31). The van der Waals surface area contributed by atoms with E-state index in [4.69, 9.17) is 9.47 Å². The van der Waals surface area contributed by atoms with Crippen molar-refractivity contribution in [1.82, 2.24) is 14.9 Å². The van der Waals surface area contributed by atoms with Crippen LogP contribution in [0, 0.1) is 0 Å². The number of carboxylic acids is 1. The van der Waals surface area contributed by atoms with Crippen LogP contribution in [0.3, 0.4) is 0 Å². The number of ether oxygens (including phenoxy) is 2. The number of imidazole rings is 1. The van der Waals surface area contributed by atoms with Crippen molar-refractivity contribution >= 4 is 18.2 Å². The molecular weight excluding hydrogens is 450 g/mol. The van der Waals surface area contributed by atoms with Gasteiger partial charge < -0.3 is 19.9 Å². The highest BCUT2D eigenvalue weighted by Gasteiger charge is 2.30. The highest BCUT2D eigenvalue weighted by atomic mass is 16.6. The van der Waals surface area contributed by atoms with Gasteiger partial charge >= 0.3 is 18.2 Å². The first-order chi connectivity index (χ1) is 17.0. The van der Waals surface area contributed by atoms with Crippen molar-refractivity contribution in [3.63, 3.8) is 0 Å². The van der Waals surface area contributed by atoms with Gasteiger partial charge in [-0.05, 0) is 28.7 Å². The summed E-state index contributed by atoms with van der Waals surface area (Å²) in [5.74, 6) is -1.37. The number of amides is 1. The van der Waals surface area contributed by atoms with Crippen LogP contribution in [0.5, 0.6) is 0 Å². The van der Waals surface area contributed by atoms with Crippen LogP contribution in [-0.2, 0) is 20.7 Å². The van der Waals surface area contributed by atoms with Crippen molar-refractivity contribution in [2.45, 2.75) is 38.1 Å². The summed E-state index contributed by atoms with van der Waals surface area (Å²) in [6.07, 6.45) is 2.75. The largest absolute Gasteiger partial charge is 0.480 e. The highest BCUT2D eigenvalue weighted by molar-refractivity contribution is 5.81. The summed E-state index contributed by atoms with van der Waals surface area (Å²) in [5, 5.41) is 12.0. The van der Waals surface area contributed by atoms with Crippen molar-refractivity contribution in [2.75, 3.05) is 13.2 Å². The number of nitrogens with zero attached hydrogens (tertiary/aromatic N) is 2. The Morgan fingerprint density at radius 2 is 1.71 bits per heavy atom. The number of alkyl carbamates (subject to hydrolysis) is 1. The fourth-order valence-corrected chi connectivity index (χ4v) is 4.14. The number of rotatable bonds is 9. The van der Waals surface area contributed by atoms with Gasteiger partial charge in [-0.3, -0.25) is 0 Å². The van der Waals surface area contributed by atoms with Crippen LogP contribution in [-0.4, -0.2) is 52.1 Å². The average molecular weight is 478 g/mol. The molecule has 4 rings (SSSR count). The highest BCUT2D eigenvalue weighted by Crippen LogP contribution is 2.44. The first kappa shape index (κ1) is 24.0. The molecule has 1 unspecified atom stereocenters. The van der Waals surface area contributed by atoms with Gasteiger partial charge in [0, 0.05) is 18.5 Å². The summed E-state index contributed by atoms with van der Waals surface area (Å²) >= 11 is 0. The maximum absolute atomic E-state index is 12.5. The molecule has 1 heterocycles. The molecule has 9 heteroatoms. The predicted molar refractivity (Wildman–Crippen MR) is 127 cm³/mol. The van der Waals surface area contributed by atoms with Gasteiger partial charge in [-0.15, -0.1) is 0 Å². The van der Waals surface area contributed by atoms with Gasteiger partial charge in [0.15, 0.2) is 0 Å². The number of aromatic nitrogens is 2. The predicted octanol–water partition coefficient (Wildman–Crippen LogP) is 4.20. The molecule has 1 amide bonds. The number of fused-ring (bicyclic) bond motifs is 3. The van der Waals surface area contributed by atoms with Crippen LogP contribution in [0.4, 0.5) is 9.59 Å². The number of benzene rings is 2. The molecular formula is C26H27N3O6. The fourth-order valence-electron chi connectivity index (χ4n) is 4.14. The Kier molecular flexibility index (Phi) is 7.45. The quantitative estimate of drug-likeness (QED) is 0.443. The molecule has 1 aromatic heterocycles. The summed E-state index contributed by atoms with van der Waals surface area (Å²) < 4.78 is 11.7. The lowest BCUT2D eigenvalue weighted by Gasteiger charge is -2.17. The van der Waals surface area contributed by atoms with Gasteiger partial charge in [0.1, 0.15) is 19.0 Å². The number of carbonyl (C=O) groups excluding carboxylic acids is 2. The molecule has 0 aliphatic heterocycles. The molecule has 2 N–H and O–H groups in total. The van der Waals surface area contributed by atoms with Crippen molar-refractivity contribution in [3.8, 4) is 11.1 Å². The minimum absolute atomic E-state index is 0.0738. The molecule has 2 aromatic carbocycles. The topological polar surface area (TPSA) is 120 Å². The Balaban J connectivity index is 1.36. The lowest BCUT2D eigenvalue weighted by molar-refractivity contribution is -0.139. The molecule has 0 radical (unpaired) electrons. The first-order valence-electron chi connectivity index (χ1n) is 11.5. The van der Waals surface area contributed by atoms with E-state index in [-0.39, 0.29) is 18.9 Å². The van der Waals surface area contributed by atoms with Crippen LogP contribution >= 0.6 is 0 Å². The minimum Gasteiger partial charge on any atom is -0.480 e. The molecule has 1 aliphatic carbocycles. The van der Waals surface area contributed by atoms with Crippen LogP contribution in [0.1, 0.15) is 42.5 Å². The monoisotopic (exact) mass is 477 g/mol. The lowest BCUT2D eigenvalue weighted by Crippen LogP contribution is -2.43. The number of unbranched alkanes of at least 4 members (excludes halogenated alkanes) is 1. The van der Waals surface area contributed by atoms with E-state index in [2.05, 4.69) is 10.3 Å². The van der Waals surface area contributed by atoms with Crippen LogP contribution in [0.25, 0.3) is 11.1 Å². The van der Waals surface area contributed by atoms with Gasteiger partial charge in [0.05, 0.1) is 12.3 Å². The van der Waals surface area contributed by atoms with E-state index in [1.807, 2.05) is 55.5 Å². The maximum atomic E-state index is 12.5. The number of hydrogen-bond donors (Lipinski definition) is 2. The zero-order chi connectivity index (χ0) is 24.8. The van der Waals surface area contributed by atoms with Gasteiger partial charge in [-0.1, -0.05) is 61.9 Å². The van der Waals surface area contributed by atoms with E-state index >= 15 is 0 Å². The van der Waals surface area contributed by atoms with Crippen molar-refractivity contribution in [2.24, 2.45) is 0 Å². The molecule has 0 bridgehead atoms. The number of carbonyl (C=O) groups is 3. The Morgan fingerprint density at radius 3 is 2.34 bits per heavy atom. The Labute approximate surface area is 202 Å². The van der Waals surface area contributed by atoms with Crippen LogP contribution < -0.4 is 5.32 Å². The van der Waals surface area contributed by atoms with Crippen molar-refractivity contribution in [3.05, 3.63) is 77.9 Å². The summed E-state index contributed by atoms with van der Waals surface area (Å²) in [6.45, 7) is 2.35. The average Bonchev–Trinajstić information content (AvgIpc) is 3.45. The molecule has 0 fully saturated rings. The third-order valence-electron chi connectivity index (χ3n) is 5.92. The fraction of sp³-hybridized carbons (Fsp3) is 0.308. The molecule has 0 saturated carbocycles. The summed E-state index contributed by atoms with van der Waals surface area (Å²) in [5.41, 5.74) is 4.65.